The van der Waals surface area contributed by atoms with Crippen LogP contribution in [0.1, 0.15) is 101 Å². The molecule has 0 heterocycles. The first-order chi connectivity index (χ1) is 21.6. The average Bonchev–Trinajstić information content (AvgIpc) is 3.38. The van der Waals surface area contributed by atoms with Crippen molar-refractivity contribution in [1.82, 2.24) is 0 Å². The number of rotatable bonds is 22. The Morgan fingerprint density at radius 1 is 0.568 bits per heavy atom. The van der Waals surface area contributed by atoms with E-state index in [2.05, 4.69) is 0 Å². The van der Waals surface area contributed by atoms with Gasteiger partial charge >= 0.3 is 0 Å². The molecule has 0 amide bonds. The fourth-order valence-corrected chi connectivity index (χ4v) is 5.37. The normalized spacial score (nSPS) is 14.9. The summed E-state index contributed by atoms with van der Waals surface area (Å²) in [7, 11) is 3.27. The van der Waals surface area contributed by atoms with Gasteiger partial charge in [0, 0.05) is 24.4 Å². The van der Waals surface area contributed by atoms with E-state index in [4.69, 9.17) is 29.2 Å². The first-order valence-corrected chi connectivity index (χ1v) is 16.4. The van der Waals surface area contributed by atoms with Crippen LogP contribution in [-0.4, -0.2) is 56.6 Å². The zero-order valence-electron chi connectivity index (χ0n) is 26.8. The second kappa shape index (κ2) is 20.6. The number of benzene rings is 2. The van der Waals surface area contributed by atoms with Crippen molar-refractivity contribution in [2.75, 3.05) is 40.6 Å². The predicted molar refractivity (Wildman–Crippen MR) is 177 cm³/mol. The Morgan fingerprint density at radius 2 is 0.955 bits per heavy atom. The van der Waals surface area contributed by atoms with Crippen LogP contribution in [0.2, 0.25) is 0 Å². The van der Waals surface area contributed by atoms with Crippen molar-refractivity contribution in [3.8, 4) is 23.0 Å². The Kier molecular flexibility index (Phi) is 16.5. The van der Waals surface area contributed by atoms with E-state index in [-0.39, 0.29) is 19.0 Å². The molecule has 0 aromatic heterocycles. The molecule has 0 spiro atoms. The third kappa shape index (κ3) is 12.0. The number of ketones is 1. The van der Waals surface area contributed by atoms with Crippen LogP contribution in [0.4, 0.5) is 0 Å². The third-order valence-electron chi connectivity index (χ3n) is 7.92. The molecule has 242 valence electrons. The van der Waals surface area contributed by atoms with Gasteiger partial charge in [-0.3, -0.25) is 4.79 Å². The van der Waals surface area contributed by atoms with Gasteiger partial charge in [-0.2, -0.15) is 0 Å². The molecule has 1 aliphatic rings. The molecule has 0 saturated heterocycles. The number of hydrogen-bond donors (Lipinski definition) is 2. The number of aliphatic hydroxyl groups excluding tert-OH is 2. The summed E-state index contributed by atoms with van der Waals surface area (Å²) in [6.45, 7) is 1.82. The molecule has 0 atom stereocenters. The van der Waals surface area contributed by atoms with Gasteiger partial charge in [0.05, 0.1) is 27.4 Å². The quantitative estimate of drug-likeness (QED) is 0.103. The van der Waals surface area contributed by atoms with Gasteiger partial charge in [-0.15, -0.1) is 0 Å². The first kappa shape index (κ1) is 35.2. The molecule has 0 radical (unpaired) electrons. The molecule has 1 aliphatic carbocycles. The molecular formula is C37H52O7. The van der Waals surface area contributed by atoms with E-state index in [0.717, 1.165) is 99.3 Å². The van der Waals surface area contributed by atoms with E-state index in [0.29, 0.717) is 49.1 Å². The molecule has 2 N–H and O–H groups in total. The monoisotopic (exact) mass is 608 g/mol. The number of unbranched alkanes of at least 4 members (excludes halogenated alkanes) is 10. The lowest BCUT2D eigenvalue weighted by molar-refractivity contribution is -0.111. The number of carbonyl (C=O) groups is 1. The van der Waals surface area contributed by atoms with Gasteiger partial charge in [0.25, 0.3) is 0 Å². The molecule has 0 unspecified atom stereocenters. The highest BCUT2D eigenvalue weighted by Crippen LogP contribution is 2.34. The van der Waals surface area contributed by atoms with Crippen LogP contribution in [0.15, 0.2) is 47.5 Å². The Balaban J connectivity index is 1.52. The number of methoxy groups -OCH3 is 2. The number of hydrogen-bond acceptors (Lipinski definition) is 7. The van der Waals surface area contributed by atoms with Gasteiger partial charge in [-0.1, -0.05) is 63.5 Å². The first-order valence-electron chi connectivity index (χ1n) is 16.4. The second-order valence-electron chi connectivity index (χ2n) is 11.4. The molecule has 2 aromatic rings. The molecule has 7 heteroatoms. The Labute approximate surface area is 263 Å². The molecule has 2 aromatic carbocycles. The van der Waals surface area contributed by atoms with Crippen LogP contribution < -0.4 is 18.9 Å². The lowest BCUT2D eigenvalue weighted by atomic mass is 10.1. The highest BCUT2D eigenvalue weighted by Gasteiger charge is 2.23. The smallest absolute Gasteiger partial charge is 0.185 e. The highest BCUT2D eigenvalue weighted by atomic mass is 16.5. The average molecular weight is 609 g/mol. The topological polar surface area (TPSA) is 94.5 Å². The van der Waals surface area contributed by atoms with E-state index in [1.165, 1.54) is 0 Å². The standard InChI is InChI=1S/C37H52O7/c1-41-35-27-29(15-19-33(35)43-23-13-9-5-3-7-11-21-38)25-31-17-18-32(37(31)40)26-30-16-20-34(36(28-30)42-2)44-24-14-10-6-4-8-12-22-39/h15-16,19-20,25-28,38-39H,3-14,17-18,21-24H2,1-2H3/b31-25-,32-26-. The molecule has 1 fully saturated rings. The molecule has 44 heavy (non-hydrogen) atoms. The maximum absolute atomic E-state index is 13.3. The van der Waals surface area contributed by atoms with E-state index < -0.39 is 0 Å². The largest absolute Gasteiger partial charge is 0.493 e. The van der Waals surface area contributed by atoms with Gasteiger partial charge in [0.1, 0.15) is 0 Å². The second-order valence-corrected chi connectivity index (χ2v) is 11.4. The van der Waals surface area contributed by atoms with Gasteiger partial charge in [0.2, 0.25) is 0 Å². The van der Waals surface area contributed by atoms with Gasteiger partial charge in [0.15, 0.2) is 28.8 Å². The molecular weight excluding hydrogens is 556 g/mol. The van der Waals surface area contributed by atoms with Crippen molar-refractivity contribution in [2.45, 2.75) is 89.9 Å². The zero-order chi connectivity index (χ0) is 31.4. The van der Waals surface area contributed by atoms with E-state index in [9.17, 15) is 4.79 Å². The van der Waals surface area contributed by atoms with Crippen LogP contribution in [-0.2, 0) is 4.79 Å². The Morgan fingerprint density at radius 3 is 1.34 bits per heavy atom. The van der Waals surface area contributed by atoms with Crippen LogP contribution in [0.3, 0.4) is 0 Å². The Hall–Kier alpha value is -3.29. The third-order valence-corrected chi connectivity index (χ3v) is 7.92. The summed E-state index contributed by atoms with van der Waals surface area (Å²) in [5.74, 6) is 2.82. The lowest BCUT2D eigenvalue weighted by Gasteiger charge is -2.12. The lowest BCUT2D eigenvalue weighted by Crippen LogP contribution is -2.00. The summed E-state index contributed by atoms with van der Waals surface area (Å²) < 4.78 is 23.1. The number of aliphatic hydroxyl groups is 2. The molecule has 7 nitrogen and oxygen atoms in total. The zero-order valence-corrected chi connectivity index (χ0v) is 26.8. The summed E-state index contributed by atoms with van der Waals surface area (Å²) in [6.07, 6.45) is 18.0. The van der Waals surface area contributed by atoms with Crippen LogP contribution in [0.25, 0.3) is 12.2 Å². The van der Waals surface area contributed by atoms with Crippen molar-refractivity contribution in [1.29, 1.82) is 0 Å². The van der Waals surface area contributed by atoms with Crippen molar-refractivity contribution in [3.05, 3.63) is 58.7 Å². The van der Waals surface area contributed by atoms with Crippen LogP contribution in [0.5, 0.6) is 23.0 Å². The summed E-state index contributed by atoms with van der Waals surface area (Å²) in [5.41, 5.74) is 3.40. The van der Waals surface area contributed by atoms with Gasteiger partial charge in [-0.25, -0.2) is 0 Å². The molecule has 3 rings (SSSR count). The maximum Gasteiger partial charge on any atom is 0.185 e. The number of Topliss-reactive ketones (excluding diaryl/α,β-unsaturated/α-hetero) is 1. The van der Waals surface area contributed by atoms with E-state index in [1.807, 2.05) is 48.6 Å². The molecule has 0 aliphatic heterocycles. The summed E-state index contributed by atoms with van der Waals surface area (Å²) in [4.78, 5) is 13.3. The number of ether oxygens (including phenoxy) is 4. The van der Waals surface area contributed by atoms with Crippen molar-refractivity contribution in [3.63, 3.8) is 0 Å². The fraction of sp³-hybridized carbons (Fsp3) is 0.541. The van der Waals surface area contributed by atoms with E-state index >= 15 is 0 Å². The van der Waals surface area contributed by atoms with Crippen molar-refractivity contribution >= 4 is 17.9 Å². The SMILES string of the molecule is COc1cc(/C=C2/CC/C(=C/c3ccc(OCCCCCCCCO)c(OC)c3)C2=O)ccc1OCCCCCCCCO. The minimum atomic E-state index is 0.0709. The van der Waals surface area contributed by atoms with E-state index in [1.54, 1.807) is 14.2 Å². The van der Waals surface area contributed by atoms with Crippen LogP contribution in [0, 0.1) is 0 Å². The number of carbonyl (C=O) groups excluding carboxylic acids is 1. The fourth-order valence-electron chi connectivity index (χ4n) is 5.37. The van der Waals surface area contributed by atoms with Crippen molar-refractivity contribution < 1.29 is 34.0 Å². The molecule has 1 saturated carbocycles. The molecule has 0 bridgehead atoms. The summed E-state index contributed by atoms with van der Waals surface area (Å²) in [6, 6.07) is 11.6. The van der Waals surface area contributed by atoms with Crippen LogP contribution >= 0.6 is 0 Å². The van der Waals surface area contributed by atoms with Gasteiger partial charge < -0.3 is 29.2 Å². The Bertz CT molecular complexity index is 1110. The summed E-state index contributed by atoms with van der Waals surface area (Å²) in [5, 5.41) is 17.7. The minimum Gasteiger partial charge on any atom is -0.493 e. The van der Waals surface area contributed by atoms with Gasteiger partial charge in [-0.05, 0) is 86.1 Å². The predicted octanol–water partition coefficient (Wildman–Crippen LogP) is 7.96. The highest BCUT2D eigenvalue weighted by molar-refractivity contribution is 6.15. The summed E-state index contributed by atoms with van der Waals surface area (Å²) >= 11 is 0. The maximum atomic E-state index is 13.3. The minimum absolute atomic E-state index is 0.0709. The number of allylic oxidation sites excluding steroid dienone is 2. The van der Waals surface area contributed by atoms with Crippen molar-refractivity contribution in [2.24, 2.45) is 0 Å².